The van der Waals surface area contributed by atoms with Crippen LogP contribution in [0.5, 0.6) is 5.75 Å². The summed E-state index contributed by atoms with van der Waals surface area (Å²) in [6.45, 7) is 4.21. The first-order valence-corrected chi connectivity index (χ1v) is 10.1. The largest absolute Gasteiger partial charge is 0.489 e. The predicted molar refractivity (Wildman–Crippen MR) is 107 cm³/mol. The fourth-order valence-electron chi connectivity index (χ4n) is 3.98. The SMILES string of the molecule is c1ccc(COc2ccc([C@@H]3C[C@H]3NCCC3CCNCC3)cc2)cc1. The van der Waals surface area contributed by atoms with Crippen LogP contribution < -0.4 is 15.4 Å². The minimum absolute atomic E-state index is 0.629. The molecule has 3 nitrogen and oxygen atoms in total. The molecule has 2 aromatic carbocycles. The van der Waals surface area contributed by atoms with E-state index in [2.05, 4.69) is 47.0 Å². The van der Waals surface area contributed by atoms with Gasteiger partial charge in [0.2, 0.25) is 0 Å². The fourth-order valence-corrected chi connectivity index (χ4v) is 3.98. The maximum atomic E-state index is 5.89. The Morgan fingerprint density at radius 3 is 2.50 bits per heavy atom. The lowest BCUT2D eigenvalue weighted by molar-refractivity contribution is 0.306. The average molecular weight is 351 g/mol. The van der Waals surface area contributed by atoms with E-state index in [1.54, 1.807) is 0 Å². The Hall–Kier alpha value is -1.84. The molecule has 0 radical (unpaired) electrons. The van der Waals surface area contributed by atoms with Crippen LogP contribution in [0.2, 0.25) is 0 Å². The van der Waals surface area contributed by atoms with Gasteiger partial charge in [0.1, 0.15) is 12.4 Å². The molecule has 1 aliphatic heterocycles. The second kappa shape index (κ2) is 8.70. The smallest absolute Gasteiger partial charge is 0.119 e. The van der Waals surface area contributed by atoms with E-state index >= 15 is 0 Å². The highest BCUT2D eigenvalue weighted by Crippen LogP contribution is 2.41. The number of nitrogens with one attached hydrogen (secondary N) is 2. The molecular formula is C23H30N2O. The molecule has 1 heterocycles. The van der Waals surface area contributed by atoms with Crippen LogP contribution in [-0.2, 0) is 6.61 Å². The van der Waals surface area contributed by atoms with Gasteiger partial charge >= 0.3 is 0 Å². The van der Waals surface area contributed by atoms with Crippen molar-refractivity contribution in [2.75, 3.05) is 19.6 Å². The Morgan fingerprint density at radius 2 is 1.73 bits per heavy atom. The fraction of sp³-hybridized carbons (Fsp3) is 0.478. The number of hydrogen-bond donors (Lipinski definition) is 2. The molecule has 4 rings (SSSR count). The first-order chi connectivity index (χ1) is 12.9. The van der Waals surface area contributed by atoms with Crippen LogP contribution in [0, 0.1) is 5.92 Å². The maximum Gasteiger partial charge on any atom is 0.119 e. The molecule has 2 aromatic rings. The van der Waals surface area contributed by atoms with E-state index in [9.17, 15) is 0 Å². The minimum atomic E-state index is 0.629. The van der Waals surface area contributed by atoms with E-state index in [0.717, 1.165) is 11.7 Å². The zero-order valence-electron chi connectivity index (χ0n) is 15.5. The third-order valence-corrected chi connectivity index (χ3v) is 5.76. The molecule has 0 bridgehead atoms. The van der Waals surface area contributed by atoms with Gasteiger partial charge in [0.25, 0.3) is 0 Å². The van der Waals surface area contributed by atoms with Crippen LogP contribution >= 0.6 is 0 Å². The molecule has 138 valence electrons. The summed E-state index contributed by atoms with van der Waals surface area (Å²) in [5.74, 6) is 2.56. The zero-order valence-corrected chi connectivity index (χ0v) is 15.5. The summed E-state index contributed by atoms with van der Waals surface area (Å²) in [4.78, 5) is 0. The summed E-state index contributed by atoms with van der Waals surface area (Å²) >= 11 is 0. The van der Waals surface area contributed by atoms with Crippen molar-refractivity contribution >= 4 is 0 Å². The number of benzene rings is 2. The Labute approximate surface area is 157 Å². The van der Waals surface area contributed by atoms with Crippen molar-refractivity contribution in [2.45, 2.75) is 44.2 Å². The van der Waals surface area contributed by atoms with Crippen LogP contribution in [0.1, 0.15) is 42.7 Å². The molecule has 1 aliphatic carbocycles. The van der Waals surface area contributed by atoms with Crippen LogP contribution in [0.25, 0.3) is 0 Å². The molecule has 0 unspecified atom stereocenters. The van der Waals surface area contributed by atoms with Gasteiger partial charge in [-0.25, -0.2) is 0 Å². The third kappa shape index (κ3) is 4.87. The first kappa shape index (κ1) is 17.6. The van der Waals surface area contributed by atoms with E-state index in [4.69, 9.17) is 4.74 Å². The zero-order chi connectivity index (χ0) is 17.6. The van der Waals surface area contributed by atoms with Crippen LogP contribution in [0.3, 0.4) is 0 Å². The van der Waals surface area contributed by atoms with Gasteiger partial charge in [-0.3, -0.25) is 0 Å². The Balaban J connectivity index is 1.18. The normalized spacial score (nSPS) is 22.9. The van der Waals surface area contributed by atoms with Crippen LogP contribution in [0.4, 0.5) is 0 Å². The van der Waals surface area contributed by atoms with E-state index in [1.807, 2.05) is 18.2 Å². The predicted octanol–water partition coefficient (Wildman–Crippen LogP) is 4.10. The summed E-state index contributed by atoms with van der Waals surface area (Å²) in [6.07, 6.45) is 5.30. The average Bonchev–Trinajstić information content (AvgIpc) is 3.48. The Kier molecular flexibility index (Phi) is 5.88. The van der Waals surface area contributed by atoms with Crippen molar-refractivity contribution in [1.82, 2.24) is 10.6 Å². The molecule has 0 amide bonds. The second-order valence-corrected chi connectivity index (χ2v) is 7.73. The van der Waals surface area contributed by atoms with Crippen LogP contribution in [-0.4, -0.2) is 25.7 Å². The topological polar surface area (TPSA) is 33.3 Å². The van der Waals surface area contributed by atoms with Crippen molar-refractivity contribution in [1.29, 1.82) is 0 Å². The van der Waals surface area contributed by atoms with Gasteiger partial charge < -0.3 is 15.4 Å². The van der Waals surface area contributed by atoms with Crippen molar-refractivity contribution in [3.05, 3.63) is 65.7 Å². The lowest BCUT2D eigenvalue weighted by Crippen LogP contribution is -2.30. The molecule has 3 heteroatoms. The number of ether oxygens (including phenoxy) is 1. The van der Waals surface area contributed by atoms with E-state index in [-0.39, 0.29) is 0 Å². The molecule has 1 saturated heterocycles. The summed E-state index contributed by atoms with van der Waals surface area (Å²) < 4.78 is 5.89. The van der Waals surface area contributed by atoms with Gasteiger partial charge in [-0.05, 0) is 74.5 Å². The van der Waals surface area contributed by atoms with E-state index in [0.29, 0.717) is 18.6 Å². The lowest BCUT2D eigenvalue weighted by atomic mass is 9.95. The highest BCUT2D eigenvalue weighted by molar-refractivity contribution is 5.34. The van der Waals surface area contributed by atoms with Gasteiger partial charge in [0.15, 0.2) is 0 Å². The summed E-state index contributed by atoms with van der Waals surface area (Å²) in [5, 5.41) is 7.21. The van der Waals surface area contributed by atoms with Gasteiger partial charge in [-0.2, -0.15) is 0 Å². The Bertz CT molecular complexity index is 664. The third-order valence-electron chi connectivity index (χ3n) is 5.76. The lowest BCUT2D eigenvalue weighted by Gasteiger charge is -2.22. The van der Waals surface area contributed by atoms with E-state index < -0.39 is 0 Å². The molecule has 2 N–H and O–H groups in total. The monoisotopic (exact) mass is 350 g/mol. The highest BCUT2D eigenvalue weighted by atomic mass is 16.5. The molecular weight excluding hydrogens is 320 g/mol. The molecule has 0 aromatic heterocycles. The molecule has 2 aliphatic rings. The first-order valence-electron chi connectivity index (χ1n) is 10.1. The molecule has 1 saturated carbocycles. The maximum absolute atomic E-state index is 5.89. The second-order valence-electron chi connectivity index (χ2n) is 7.73. The van der Waals surface area contributed by atoms with Gasteiger partial charge in [-0.15, -0.1) is 0 Å². The van der Waals surface area contributed by atoms with Crippen molar-refractivity contribution in [3.63, 3.8) is 0 Å². The number of piperidine rings is 1. The number of rotatable bonds is 8. The molecule has 2 fully saturated rings. The van der Waals surface area contributed by atoms with Gasteiger partial charge in [-0.1, -0.05) is 42.5 Å². The number of hydrogen-bond acceptors (Lipinski definition) is 3. The molecule has 2 atom stereocenters. The summed E-state index contributed by atoms with van der Waals surface area (Å²) in [6, 6.07) is 19.7. The van der Waals surface area contributed by atoms with Crippen molar-refractivity contribution < 1.29 is 4.74 Å². The van der Waals surface area contributed by atoms with Crippen LogP contribution in [0.15, 0.2) is 54.6 Å². The summed E-state index contributed by atoms with van der Waals surface area (Å²) in [5.41, 5.74) is 2.65. The van der Waals surface area contributed by atoms with Gasteiger partial charge in [0.05, 0.1) is 0 Å². The van der Waals surface area contributed by atoms with Crippen molar-refractivity contribution in [3.8, 4) is 5.75 Å². The summed E-state index contributed by atoms with van der Waals surface area (Å²) in [7, 11) is 0. The highest BCUT2D eigenvalue weighted by Gasteiger charge is 2.37. The Morgan fingerprint density at radius 1 is 0.962 bits per heavy atom. The quantitative estimate of drug-likeness (QED) is 0.752. The van der Waals surface area contributed by atoms with E-state index in [1.165, 1.54) is 56.4 Å². The van der Waals surface area contributed by atoms with Crippen molar-refractivity contribution in [2.24, 2.45) is 5.92 Å². The standard InChI is InChI=1S/C23H30N2O/c1-2-4-19(5-3-1)17-26-21-8-6-20(7-9-21)22-16-23(22)25-15-12-18-10-13-24-14-11-18/h1-9,18,22-25H,10-17H2/t22-,23+/m0/s1. The molecule has 0 spiro atoms. The minimum Gasteiger partial charge on any atom is -0.489 e. The molecule has 26 heavy (non-hydrogen) atoms. The van der Waals surface area contributed by atoms with Gasteiger partial charge in [0, 0.05) is 12.0 Å².